The molecule has 0 N–H and O–H groups in total. The molecule has 0 bridgehead atoms. The van der Waals surface area contributed by atoms with E-state index in [1.165, 1.54) is 11.1 Å². The number of rotatable bonds is 2. The molecule has 31 heavy (non-hydrogen) atoms. The van der Waals surface area contributed by atoms with E-state index in [9.17, 15) is 0 Å². The van der Waals surface area contributed by atoms with E-state index in [0.29, 0.717) is 0 Å². The Morgan fingerprint density at radius 3 is 1.45 bits per heavy atom. The summed E-state index contributed by atoms with van der Waals surface area (Å²) in [7, 11) is 4.07. The topological polar surface area (TPSA) is 48.5 Å². The summed E-state index contributed by atoms with van der Waals surface area (Å²) in [5.41, 5.74) is 8.28. The third kappa shape index (κ3) is 4.21. The molecular formula is C23H21Cl2FeN5. The number of imidazole rings is 2. The van der Waals surface area contributed by atoms with Crippen molar-refractivity contribution < 1.29 is 41.9 Å². The molecule has 0 aliphatic carbocycles. The number of fused-ring (bicyclic) bond motifs is 2. The number of nitrogens with zero attached hydrogens (tertiary/aromatic N) is 5. The minimum absolute atomic E-state index is 0. The molecular weight excluding hydrogens is 473 g/mol. The van der Waals surface area contributed by atoms with Gasteiger partial charge in [-0.15, -0.1) is 0 Å². The molecule has 0 saturated heterocycles. The third-order valence-corrected chi connectivity index (χ3v) is 5.28. The number of hydrogen-bond acceptors (Lipinski definition) is 3. The predicted octanol–water partition coefficient (Wildman–Crippen LogP) is -1.19. The Hall–Kier alpha value is -2.37. The van der Waals surface area contributed by atoms with Gasteiger partial charge in [0, 0.05) is 14.1 Å². The summed E-state index contributed by atoms with van der Waals surface area (Å²) in [6.07, 6.45) is 0. The molecule has 160 valence electrons. The first-order valence-corrected chi connectivity index (χ1v) is 9.35. The van der Waals surface area contributed by atoms with Crippen molar-refractivity contribution in [1.82, 2.24) is 24.1 Å². The maximum Gasteiger partial charge on any atom is 2.00 e. The molecule has 5 nitrogen and oxygen atoms in total. The van der Waals surface area contributed by atoms with Crippen LogP contribution >= 0.6 is 0 Å². The third-order valence-electron chi connectivity index (χ3n) is 5.28. The summed E-state index contributed by atoms with van der Waals surface area (Å²) < 4.78 is 4.19. The summed E-state index contributed by atoms with van der Waals surface area (Å²) in [6.45, 7) is 4.17. The van der Waals surface area contributed by atoms with Crippen LogP contribution < -0.4 is 24.8 Å². The van der Waals surface area contributed by atoms with Crippen LogP contribution in [0.2, 0.25) is 0 Å². The fourth-order valence-corrected chi connectivity index (χ4v) is 3.76. The normalized spacial score (nSPS) is 10.5. The molecule has 0 unspecified atom stereocenters. The maximum atomic E-state index is 4.90. The van der Waals surface area contributed by atoms with Crippen LogP contribution in [0.4, 0.5) is 0 Å². The van der Waals surface area contributed by atoms with Crippen LogP contribution in [0, 0.1) is 13.8 Å². The second-order valence-corrected chi connectivity index (χ2v) is 7.38. The van der Waals surface area contributed by atoms with Gasteiger partial charge >= 0.3 is 17.1 Å². The quantitative estimate of drug-likeness (QED) is 0.291. The average molecular weight is 494 g/mol. The minimum atomic E-state index is 0. The molecule has 0 radical (unpaired) electrons. The van der Waals surface area contributed by atoms with Gasteiger partial charge in [-0.3, -0.25) is 0 Å². The molecule has 5 aromatic rings. The summed E-state index contributed by atoms with van der Waals surface area (Å²) in [5, 5.41) is 0. The van der Waals surface area contributed by atoms with Crippen molar-refractivity contribution in [3.63, 3.8) is 0 Å². The number of aromatic nitrogens is 5. The zero-order valence-corrected chi connectivity index (χ0v) is 20.2. The Morgan fingerprint density at radius 2 is 1.03 bits per heavy atom. The smallest absolute Gasteiger partial charge is 1.00 e. The van der Waals surface area contributed by atoms with E-state index in [0.717, 1.165) is 45.1 Å². The molecule has 0 amide bonds. The van der Waals surface area contributed by atoms with Crippen LogP contribution in [0.3, 0.4) is 0 Å². The van der Waals surface area contributed by atoms with Crippen molar-refractivity contribution in [2.24, 2.45) is 14.1 Å². The van der Waals surface area contributed by atoms with E-state index < -0.39 is 0 Å². The summed E-state index contributed by atoms with van der Waals surface area (Å²) in [4.78, 5) is 14.6. The van der Waals surface area contributed by atoms with Crippen LogP contribution in [0.1, 0.15) is 11.1 Å². The molecule has 0 fully saturated rings. The second kappa shape index (κ2) is 9.41. The monoisotopic (exact) mass is 493 g/mol. The molecule has 5 rings (SSSR count). The van der Waals surface area contributed by atoms with Gasteiger partial charge in [-0.1, -0.05) is 18.2 Å². The first-order chi connectivity index (χ1) is 13.5. The first-order valence-electron chi connectivity index (χ1n) is 9.35. The van der Waals surface area contributed by atoms with Crippen molar-refractivity contribution in [2.75, 3.05) is 0 Å². The number of halogens is 2. The van der Waals surface area contributed by atoms with Crippen LogP contribution in [0.5, 0.6) is 0 Å². The van der Waals surface area contributed by atoms with Crippen molar-refractivity contribution >= 4 is 22.1 Å². The van der Waals surface area contributed by atoms with Gasteiger partial charge in [0.05, 0.1) is 22.1 Å². The Balaban J connectivity index is 0.00000114. The molecule has 2 aromatic carbocycles. The van der Waals surface area contributed by atoms with E-state index in [1.54, 1.807) is 0 Å². The van der Waals surface area contributed by atoms with Gasteiger partial charge in [0.1, 0.15) is 11.4 Å². The molecule has 0 spiro atoms. The fourth-order valence-electron chi connectivity index (χ4n) is 3.76. The van der Waals surface area contributed by atoms with E-state index in [1.807, 2.05) is 32.3 Å². The van der Waals surface area contributed by atoms with Crippen LogP contribution in [-0.2, 0) is 31.2 Å². The van der Waals surface area contributed by atoms with Gasteiger partial charge in [-0.2, -0.15) is 0 Å². The first kappa shape index (κ1) is 24.9. The van der Waals surface area contributed by atoms with Crippen molar-refractivity contribution in [3.8, 4) is 23.0 Å². The Kier molecular flexibility index (Phi) is 7.56. The molecule has 0 saturated carbocycles. The van der Waals surface area contributed by atoms with Crippen LogP contribution in [-0.4, -0.2) is 24.1 Å². The fraction of sp³-hybridized carbons (Fsp3) is 0.174. The number of aryl methyl sites for hydroxylation is 4. The number of hydrogen-bond donors (Lipinski definition) is 0. The van der Waals surface area contributed by atoms with Crippen LogP contribution in [0.25, 0.3) is 45.1 Å². The molecule has 3 aromatic heterocycles. The van der Waals surface area contributed by atoms with E-state index in [4.69, 9.17) is 15.0 Å². The Labute approximate surface area is 204 Å². The van der Waals surface area contributed by atoms with Gasteiger partial charge in [0.25, 0.3) is 0 Å². The SMILES string of the molecule is Cc1ccc2c(c1)nc(-c1cccc(-c3nc4cc(C)ccc4n3C)n1)n2C.[Cl-].[Cl-].[Fe+2]. The predicted molar refractivity (Wildman–Crippen MR) is 113 cm³/mol. The Bertz CT molecular complexity index is 1270. The van der Waals surface area contributed by atoms with Crippen molar-refractivity contribution in [3.05, 3.63) is 65.7 Å². The Morgan fingerprint density at radius 1 is 0.613 bits per heavy atom. The molecule has 8 heteroatoms. The van der Waals surface area contributed by atoms with Crippen LogP contribution in [0.15, 0.2) is 54.6 Å². The molecule has 0 aliphatic heterocycles. The van der Waals surface area contributed by atoms with Gasteiger partial charge in [-0.05, 0) is 61.4 Å². The average Bonchev–Trinajstić information content (AvgIpc) is 3.18. The molecule has 3 heterocycles. The van der Waals surface area contributed by atoms with Gasteiger partial charge in [0.15, 0.2) is 11.6 Å². The minimum Gasteiger partial charge on any atom is -1.00 e. The van der Waals surface area contributed by atoms with Gasteiger partial charge in [-0.25, -0.2) is 15.0 Å². The van der Waals surface area contributed by atoms with E-state index in [2.05, 4.69) is 59.4 Å². The summed E-state index contributed by atoms with van der Waals surface area (Å²) in [6, 6.07) is 18.7. The molecule has 0 aliphatic rings. The van der Waals surface area contributed by atoms with Gasteiger partial charge < -0.3 is 33.9 Å². The standard InChI is InChI=1S/C23H21N5.2ClH.Fe/c1-14-8-10-20-18(12-14)25-22(27(20)3)16-6-5-7-17(24-16)23-26-19-13-15(2)9-11-21(19)28(23)4;;;/h5-13H,1-4H3;2*1H;/q;;;+2/p-2. The largest absolute Gasteiger partial charge is 2.00 e. The zero-order valence-electron chi connectivity index (χ0n) is 17.5. The van der Waals surface area contributed by atoms with E-state index in [-0.39, 0.29) is 41.9 Å². The van der Waals surface area contributed by atoms with Crippen molar-refractivity contribution in [2.45, 2.75) is 13.8 Å². The maximum absolute atomic E-state index is 4.90. The van der Waals surface area contributed by atoms with Crippen molar-refractivity contribution in [1.29, 1.82) is 0 Å². The molecule has 0 atom stereocenters. The summed E-state index contributed by atoms with van der Waals surface area (Å²) in [5.74, 6) is 1.72. The summed E-state index contributed by atoms with van der Waals surface area (Å²) >= 11 is 0. The second-order valence-electron chi connectivity index (χ2n) is 7.38. The zero-order chi connectivity index (χ0) is 19.4. The number of pyridine rings is 1. The van der Waals surface area contributed by atoms with E-state index >= 15 is 0 Å². The number of benzene rings is 2. The van der Waals surface area contributed by atoms with Gasteiger partial charge in [0.2, 0.25) is 0 Å².